The van der Waals surface area contributed by atoms with Crippen LogP contribution in [0.5, 0.6) is 5.75 Å². The predicted octanol–water partition coefficient (Wildman–Crippen LogP) is 2.36. The summed E-state index contributed by atoms with van der Waals surface area (Å²) >= 11 is 0. The molecule has 0 unspecified atom stereocenters. The molecule has 0 radical (unpaired) electrons. The lowest BCUT2D eigenvalue weighted by atomic mass is 10.4. The highest BCUT2D eigenvalue weighted by Gasteiger charge is 2.26. The van der Waals surface area contributed by atoms with Crippen LogP contribution in [0.25, 0.3) is 5.65 Å². The minimum Gasteiger partial charge on any atom is -0.493 e. The largest absolute Gasteiger partial charge is 0.493 e. The van der Waals surface area contributed by atoms with E-state index in [0.717, 1.165) is 6.20 Å². The highest BCUT2D eigenvalue weighted by atomic mass is 19.4. The molecule has 1 N–H and O–H groups in total. The molecule has 19 heavy (non-hydrogen) atoms. The number of carboxylic acid groups (broad SMARTS) is 1. The molecule has 0 aliphatic rings. The van der Waals surface area contributed by atoms with Gasteiger partial charge in [-0.1, -0.05) is 0 Å². The fraction of sp³-hybridized carbons (Fsp3) is 0.273. The van der Waals surface area contributed by atoms with Gasteiger partial charge in [-0.2, -0.15) is 13.2 Å². The van der Waals surface area contributed by atoms with Crippen LogP contribution in [0.2, 0.25) is 0 Å². The molecule has 102 valence electrons. The lowest BCUT2D eigenvalue weighted by Gasteiger charge is -2.08. The van der Waals surface area contributed by atoms with Crippen LogP contribution in [0.3, 0.4) is 0 Å². The highest BCUT2D eigenvalue weighted by Crippen LogP contribution is 2.21. The molecule has 2 aromatic rings. The summed E-state index contributed by atoms with van der Waals surface area (Å²) in [6.07, 6.45) is -2.77. The van der Waals surface area contributed by atoms with E-state index in [1.54, 1.807) is 0 Å². The van der Waals surface area contributed by atoms with Crippen LogP contribution in [0.1, 0.15) is 16.9 Å². The molecular weight excluding hydrogens is 265 g/mol. The van der Waals surface area contributed by atoms with E-state index in [0.29, 0.717) is 5.65 Å². The van der Waals surface area contributed by atoms with Crippen molar-refractivity contribution in [3.8, 4) is 5.75 Å². The van der Waals surface area contributed by atoms with E-state index in [9.17, 15) is 18.0 Å². The third-order valence-corrected chi connectivity index (χ3v) is 2.36. The van der Waals surface area contributed by atoms with E-state index in [1.165, 1.54) is 22.7 Å². The quantitative estimate of drug-likeness (QED) is 0.929. The van der Waals surface area contributed by atoms with Crippen molar-refractivity contribution in [1.29, 1.82) is 0 Å². The van der Waals surface area contributed by atoms with Crippen LogP contribution < -0.4 is 4.74 Å². The molecule has 0 spiro atoms. The van der Waals surface area contributed by atoms with Gasteiger partial charge in [0.05, 0.1) is 19.2 Å². The summed E-state index contributed by atoms with van der Waals surface area (Å²) in [7, 11) is 0. The topological polar surface area (TPSA) is 63.8 Å². The highest BCUT2D eigenvalue weighted by molar-refractivity contribution is 5.86. The van der Waals surface area contributed by atoms with E-state index in [4.69, 9.17) is 9.84 Å². The second-order valence-corrected chi connectivity index (χ2v) is 3.75. The Balaban J connectivity index is 2.12. The van der Waals surface area contributed by atoms with Gasteiger partial charge in [-0.3, -0.25) is 4.40 Å². The summed E-state index contributed by atoms with van der Waals surface area (Å²) < 4.78 is 42.1. The number of carboxylic acids is 1. The van der Waals surface area contributed by atoms with Gasteiger partial charge in [0.15, 0.2) is 5.69 Å². The third-order valence-electron chi connectivity index (χ3n) is 2.36. The number of aromatic carboxylic acids is 1. The first kappa shape index (κ1) is 13.2. The molecule has 0 atom stereocenters. The minimum absolute atomic E-state index is 0.0307. The number of rotatable bonds is 4. The lowest BCUT2D eigenvalue weighted by Crippen LogP contribution is -2.13. The van der Waals surface area contributed by atoms with Gasteiger partial charge in [0.1, 0.15) is 11.4 Å². The molecule has 0 bridgehead atoms. The van der Waals surface area contributed by atoms with Gasteiger partial charge in [-0.25, -0.2) is 9.78 Å². The van der Waals surface area contributed by atoms with Crippen molar-refractivity contribution in [1.82, 2.24) is 9.38 Å². The Morgan fingerprint density at radius 2 is 2.21 bits per heavy atom. The molecule has 8 heteroatoms. The van der Waals surface area contributed by atoms with E-state index in [2.05, 4.69) is 4.98 Å². The molecule has 2 heterocycles. The van der Waals surface area contributed by atoms with Gasteiger partial charge in [0.25, 0.3) is 0 Å². The number of pyridine rings is 1. The second kappa shape index (κ2) is 4.79. The molecule has 0 saturated carbocycles. The number of imidazole rings is 1. The first-order valence-corrected chi connectivity index (χ1v) is 5.27. The van der Waals surface area contributed by atoms with Crippen molar-refractivity contribution in [3.63, 3.8) is 0 Å². The Hall–Kier alpha value is -2.25. The molecule has 0 aliphatic heterocycles. The summed E-state index contributed by atoms with van der Waals surface area (Å²) in [5.74, 6) is -0.933. The fourth-order valence-corrected chi connectivity index (χ4v) is 1.49. The molecule has 5 nitrogen and oxygen atoms in total. The van der Waals surface area contributed by atoms with Crippen LogP contribution in [0, 0.1) is 0 Å². The average Bonchev–Trinajstić information content (AvgIpc) is 2.70. The van der Waals surface area contributed by atoms with Crippen molar-refractivity contribution in [3.05, 3.63) is 30.2 Å². The van der Waals surface area contributed by atoms with E-state index in [1.807, 2.05) is 0 Å². The Labute approximate surface area is 105 Å². The number of hydrogen-bond donors (Lipinski definition) is 1. The zero-order valence-electron chi connectivity index (χ0n) is 9.52. The van der Waals surface area contributed by atoms with E-state index >= 15 is 0 Å². The number of carbonyl (C=O) groups is 1. The van der Waals surface area contributed by atoms with Crippen LogP contribution in [-0.4, -0.2) is 33.2 Å². The smallest absolute Gasteiger partial charge is 0.392 e. The predicted molar refractivity (Wildman–Crippen MR) is 58.3 cm³/mol. The van der Waals surface area contributed by atoms with Gasteiger partial charge in [-0.15, -0.1) is 0 Å². The monoisotopic (exact) mass is 274 g/mol. The number of ether oxygens (including phenoxy) is 1. The Kier molecular flexibility index (Phi) is 3.32. The number of hydrogen-bond acceptors (Lipinski definition) is 3. The number of fused-ring (bicyclic) bond motifs is 1. The molecule has 0 aromatic carbocycles. The molecule has 0 amide bonds. The summed E-state index contributed by atoms with van der Waals surface area (Å²) in [4.78, 5) is 14.7. The zero-order chi connectivity index (χ0) is 14.0. The first-order valence-electron chi connectivity index (χ1n) is 5.27. The maximum atomic E-state index is 11.9. The second-order valence-electron chi connectivity index (χ2n) is 3.75. The maximum absolute atomic E-state index is 11.9. The van der Waals surface area contributed by atoms with Crippen LogP contribution in [-0.2, 0) is 0 Å². The van der Waals surface area contributed by atoms with Crippen molar-refractivity contribution < 1.29 is 27.8 Å². The molecule has 0 fully saturated rings. The van der Waals surface area contributed by atoms with Crippen molar-refractivity contribution in [2.75, 3.05) is 6.61 Å². The van der Waals surface area contributed by atoms with Crippen molar-refractivity contribution in [2.45, 2.75) is 12.6 Å². The van der Waals surface area contributed by atoms with Gasteiger partial charge in [0, 0.05) is 12.3 Å². The number of aromatic nitrogens is 2. The SMILES string of the molecule is O=C(O)c1cnc2cc(OCCC(F)(F)F)ccn12. The number of halogens is 3. The molecule has 2 aromatic heterocycles. The Morgan fingerprint density at radius 3 is 2.84 bits per heavy atom. The van der Waals surface area contributed by atoms with E-state index in [-0.39, 0.29) is 11.4 Å². The molecule has 0 aliphatic carbocycles. The normalized spacial score (nSPS) is 11.7. The number of alkyl halides is 3. The summed E-state index contributed by atoms with van der Waals surface area (Å²) in [6, 6.07) is 2.76. The summed E-state index contributed by atoms with van der Waals surface area (Å²) in [6.45, 7) is -0.494. The fourth-order valence-electron chi connectivity index (χ4n) is 1.49. The van der Waals surface area contributed by atoms with Crippen LogP contribution in [0.4, 0.5) is 13.2 Å². The Morgan fingerprint density at radius 1 is 1.47 bits per heavy atom. The molecular formula is C11H9F3N2O3. The molecule has 0 saturated heterocycles. The van der Waals surface area contributed by atoms with E-state index < -0.39 is 25.2 Å². The number of nitrogens with zero attached hydrogens (tertiary/aromatic N) is 2. The van der Waals surface area contributed by atoms with Crippen molar-refractivity contribution >= 4 is 11.6 Å². The van der Waals surface area contributed by atoms with Gasteiger partial charge in [-0.05, 0) is 6.07 Å². The van der Waals surface area contributed by atoms with Crippen molar-refractivity contribution in [2.24, 2.45) is 0 Å². The zero-order valence-corrected chi connectivity index (χ0v) is 9.52. The maximum Gasteiger partial charge on any atom is 0.392 e. The lowest BCUT2D eigenvalue weighted by molar-refractivity contribution is -0.139. The average molecular weight is 274 g/mol. The standard InChI is InChI=1S/C11H9F3N2O3/c12-11(13,14)2-4-19-7-1-3-16-8(10(17)18)6-15-9(16)5-7/h1,3,5-6H,2,4H2,(H,17,18). The Bertz CT molecular complexity index is 607. The van der Waals surface area contributed by atoms with Crippen LogP contribution in [0.15, 0.2) is 24.5 Å². The molecule has 2 rings (SSSR count). The summed E-state index contributed by atoms with van der Waals surface area (Å²) in [5, 5.41) is 8.85. The first-order chi connectivity index (χ1) is 8.87. The van der Waals surface area contributed by atoms with Gasteiger partial charge in [0.2, 0.25) is 0 Å². The van der Waals surface area contributed by atoms with Crippen LogP contribution >= 0.6 is 0 Å². The third kappa shape index (κ3) is 3.15. The van der Waals surface area contributed by atoms with Gasteiger partial charge >= 0.3 is 12.1 Å². The minimum atomic E-state index is -4.27. The summed E-state index contributed by atoms with van der Waals surface area (Å²) in [5.41, 5.74) is 0.263. The van der Waals surface area contributed by atoms with Gasteiger partial charge < -0.3 is 9.84 Å².